The molecule has 1 fully saturated rings. The van der Waals surface area contributed by atoms with Gasteiger partial charge in [-0.2, -0.15) is 0 Å². The summed E-state index contributed by atoms with van der Waals surface area (Å²) in [5.41, 5.74) is 0.562. The molecule has 0 bridgehead atoms. The number of rotatable bonds is 3. The summed E-state index contributed by atoms with van der Waals surface area (Å²) in [7, 11) is 0. The third-order valence-electron chi connectivity index (χ3n) is 4.33. The maximum Gasteiger partial charge on any atom is 0.331 e. The van der Waals surface area contributed by atoms with E-state index in [1.165, 1.54) is 11.3 Å². The van der Waals surface area contributed by atoms with Crippen molar-refractivity contribution in [3.63, 3.8) is 0 Å². The van der Waals surface area contributed by atoms with Gasteiger partial charge in [0.1, 0.15) is 12.4 Å². The lowest BCUT2D eigenvalue weighted by atomic mass is 9.99. The highest BCUT2D eigenvalue weighted by Gasteiger charge is 2.44. The first-order chi connectivity index (χ1) is 11.6. The Morgan fingerprint density at radius 3 is 2.88 bits per heavy atom. The monoisotopic (exact) mass is 345 g/mol. The number of benzene rings is 1. The van der Waals surface area contributed by atoms with Crippen molar-refractivity contribution in [3.8, 4) is 16.2 Å². The van der Waals surface area contributed by atoms with E-state index in [1.54, 1.807) is 6.07 Å². The minimum absolute atomic E-state index is 0.00882. The molecular formula is C17H15NO5S. The van der Waals surface area contributed by atoms with Crippen LogP contribution < -0.4 is 10.1 Å². The zero-order valence-electron chi connectivity index (χ0n) is 12.7. The van der Waals surface area contributed by atoms with E-state index in [1.807, 2.05) is 24.3 Å². The third-order valence-corrected chi connectivity index (χ3v) is 5.54. The number of ether oxygens (including phenoxy) is 2. The van der Waals surface area contributed by atoms with Crippen LogP contribution in [0.15, 0.2) is 30.3 Å². The van der Waals surface area contributed by atoms with Gasteiger partial charge in [-0.25, -0.2) is 4.79 Å². The second kappa shape index (κ2) is 5.61. The summed E-state index contributed by atoms with van der Waals surface area (Å²) < 4.78 is 10.9. The van der Waals surface area contributed by atoms with Crippen LogP contribution in [0, 0.1) is 0 Å². The fourth-order valence-corrected chi connectivity index (χ4v) is 4.07. The van der Waals surface area contributed by atoms with Gasteiger partial charge < -0.3 is 19.9 Å². The van der Waals surface area contributed by atoms with Crippen LogP contribution >= 0.6 is 11.3 Å². The van der Waals surface area contributed by atoms with E-state index in [-0.39, 0.29) is 18.9 Å². The second-order valence-electron chi connectivity index (χ2n) is 5.89. The number of aliphatic carboxylic acids is 1. The summed E-state index contributed by atoms with van der Waals surface area (Å²) in [6.07, 6.45) is 0.269. The first-order valence-electron chi connectivity index (χ1n) is 7.58. The molecule has 0 radical (unpaired) electrons. The van der Waals surface area contributed by atoms with Crippen molar-refractivity contribution in [2.45, 2.75) is 18.6 Å². The van der Waals surface area contributed by atoms with E-state index in [9.17, 15) is 14.7 Å². The first-order valence-corrected chi connectivity index (χ1v) is 8.39. The highest BCUT2D eigenvalue weighted by atomic mass is 32.1. The molecule has 1 aromatic carbocycles. The van der Waals surface area contributed by atoms with Gasteiger partial charge >= 0.3 is 5.97 Å². The second-order valence-corrected chi connectivity index (χ2v) is 6.95. The molecular weight excluding hydrogens is 330 g/mol. The Balaban J connectivity index is 1.64. The van der Waals surface area contributed by atoms with Gasteiger partial charge in [0, 0.05) is 29.0 Å². The number of para-hydroxylation sites is 1. The highest BCUT2D eigenvalue weighted by Crippen LogP contribution is 2.42. The molecule has 2 N–H and O–H groups in total. The van der Waals surface area contributed by atoms with Gasteiger partial charge in [-0.1, -0.05) is 12.1 Å². The fraction of sp³-hybridized carbons (Fsp3) is 0.294. The molecule has 3 heterocycles. The van der Waals surface area contributed by atoms with Crippen LogP contribution in [0.25, 0.3) is 10.4 Å². The number of carboxylic acid groups (broad SMARTS) is 1. The summed E-state index contributed by atoms with van der Waals surface area (Å²) in [5.74, 6) is -0.659. The van der Waals surface area contributed by atoms with Crippen molar-refractivity contribution in [1.82, 2.24) is 5.32 Å². The summed E-state index contributed by atoms with van der Waals surface area (Å²) in [6.45, 7) is 0.725. The van der Waals surface area contributed by atoms with Crippen LogP contribution in [0.4, 0.5) is 0 Å². The van der Waals surface area contributed by atoms with E-state index in [2.05, 4.69) is 5.32 Å². The molecule has 2 aliphatic heterocycles. The Bertz CT molecular complexity index is 822. The predicted octanol–water partition coefficient (Wildman–Crippen LogP) is 2.28. The Hall–Kier alpha value is -2.38. The zero-order valence-corrected chi connectivity index (χ0v) is 13.5. The van der Waals surface area contributed by atoms with Gasteiger partial charge in [0.2, 0.25) is 0 Å². The van der Waals surface area contributed by atoms with Gasteiger partial charge in [0.05, 0.1) is 11.5 Å². The van der Waals surface area contributed by atoms with Crippen LogP contribution in [0.5, 0.6) is 5.75 Å². The molecule has 7 heteroatoms. The summed E-state index contributed by atoms with van der Waals surface area (Å²) in [5, 5.41) is 12.1. The zero-order chi connectivity index (χ0) is 16.7. The number of carbonyl (C=O) groups is 2. The quantitative estimate of drug-likeness (QED) is 0.891. The third kappa shape index (κ3) is 2.37. The summed E-state index contributed by atoms with van der Waals surface area (Å²) >= 11 is 1.35. The van der Waals surface area contributed by atoms with Crippen molar-refractivity contribution >= 4 is 23.2 Å². The minimum Gasteiger partial charge on any atom is -0.488 e. The standard InChI is InChI=1S/C17H15NO5S/c19-15(18-17(16(20)21)5-6-22-9-17)13-7-10-8-23-12-4-2-1-3-11(12)14(10)24-13/h1-4,7H,5-6,8-9H2,(H,18,19)(H,20,21). The SMILES string of the molecule is O=C(NC1(C(=O)O)CCOC1)c1cc2c(s1)-c1ccccc1OC2. The fourth-order valence-electron chi connectivity index (χ4n) is 2.98. The average molecular weight is 345 g/mol. The largest absolute Gasteiger partial charge is 0.488 e. The Morgan fingerprint density at radius 2 is 2.12 bits per heavy atom. The topological polar surface area (TPSA) is 84.9 Å². The number of hydrogen-bond donors (Lipinski definition) is 2. The number of carboxylic acids is 1. The molecule has 1 amide bonds. The van der Waals surface area contributed by atoms with Gasteiger partial charge in [-0.15, -0.1) is 11.3 Å². The van der Waals surface area contributed by atoms with E-state index >= 15 is 0 Å². The average Bonchev–Trinajstić information content (AvgIpc) is 3.22. The Kier molecular flexibility index (Phi) is 3.54. The molecule has 2 aliphatic rings. The van der Waals surface area contributed by atoms with Crippen LogP contribution in [0.2, 0.25) is 0 Å². The minimum atomic E-state index is -1.34. The lowest BCUT2D eigenvalue weighted by Crippen LogP contribution is -2.55. The molecule has 0 saturated carbocycles. The van der Waals surface area contributed by atoms with Crippen molar-refractivity contribution in [3.05, 3.63) is 40.8 Å². The van der Waals surface area contributed by atoms with Gasteiger partial charge in [0.15, 0.2) is 5.54 Å². The molecule has 0 aliphatic carbocycles. The number of fused-ring (bicyclic) bond motifs is 3. The molecule has 1 atom stereocenters. The number of hydrogen-bond acceptors (Lipinski definition) is 5. The number of nitrogens with one attached hydrogen (secondary N) is 1. The predicted molar refractivity (Wildman–Crippen MR) is 87.4 cm³/mol. The van der Waals surface area contributed by atoms with Crippen molar-refractivity contribution in [1.29, 1.82) is 0 Å². The molecule has 24 heavy (non-hydrogen) atoms. The maximum absolute atomic E-state index is 12.6. The molecule has 1 saturated heterocycles. The normalized spacial score (nSPS) is 21.5. The van der Waals surface area contributed by atoms with Crippen molar-refractivity contribution < 1.29 is 24.2 Å². The molecule has 0 spiro atoms. The highest BCUT2D eigenvalue weighted by molar-refractivity contribution is 7.17. The molecule has 2 aromatic rings. The van der Waals surface area contributed by atoms with Crippen LogP contribution in [-0.2, 0) is 16.1 Å². The Morgan fingerprint density at radius 1 is 1.29 bits per heavy atom. The van der Waals surface area contributed by atoms with Gasteiger partial charge in [0.25, 0.3) is 5.91 Å². The molecule has 124 valence electrons. The smallest absolute Gasteiger partial charge is 0.331 e. The summed E-state index contributed by atoms with van der Waals surface area (Å²) in [6, 6.07) is 9.45. The number of carbonyl (C=O) groups excluding carboxylic acids is 1. The van der Waals surface area contributed by atoms with E-state index < -0.39 is 11.5 Å². The number of thiophene rings is 1. The lowest BCUT2D eigenvalue weighted by Gasteiger charge is -2.23. The molecule has 4 rings (SSSR count). The van der Waals surface area contributed by atoms with Crippen LogP contribution in [0.3, 0.4) is 0 Å². The Labute approximate surface area is 142 Å². The summed E-state index contributed by atoms with van der Waals surface area (Å²) in [4.78, 5) is 25.6. The van der Waals surface area contributed by atoms with Crippen LogP contribution in [-0.4, -0.2) is 35.7 Å². The molecule has 6 nitrogen and oxygen atoms in total. The van der Waals surface area contributed by atoms with Gasteiger partial charge in [-0.3, -0.25) is 4.79 Å². The maximum atomic E-state index is 12.6. The van der Waals surface area contributed by atoms with E-state index in [4.69, 9.17) is 9.47 Å². The number of amides is 1. The molecule has 1 unspecified atom stereocenters. The van der Waals surface area contributed by atoms with E-state index in [0.29, 0.717) is 18.1 Å². The van der Waals surface area contributed by atoms with Crippen molar-refractivity contribution in [2.75, 3.05) is 13.2 Å². The van der Waals surface area contributed by atoms with Crippen LogP contribution in [0.1, 0.15) is 21.7 Å². The first kappa shape index (κ1) is 15.2. The van der Waals surface area contributed by atoms with Gasteiger partial charge in [-0.05, 0) is 18.2 Å². The van der Waals surface area contributed by atoms with E-state index in [0.717, 1.165) is 21.8 Å². The molecule has 1 aromatic heterocycles. The lowest BCUT2D eigenvalue weighted by molar-refractivity contribution is -0.144. The van der Waals surface area contributed by atoms with Crippen molar-refractivity contribution in [2.24, 2.45) is 0 Å².